The molecule has 0 spiro atoms. The molecule has 0 aromatic heterocycles. The van der Waals surface area contributed by atoms with Gasteiger partial charge in [0.15, 0.2) is 0 Å². The minimum atomic E-state index is -7.00. The van der Waals surface area contributed by atoms with E-state index in [0.717, 1.165) is 0 Å². The molecular formula is C10H18F4GeP2+2. The van der Waals surface area contributed by atoms with Crippen molar-refractivity contribution in [2.75, 3.05) is 26.7 Å². The minimum absolute atomic E-state index is 0.261. The Kier molecular flexibility index (Phi) is 7.86. The Morgan fingerprint density at radius 3 is 1.18 bits per heavy atom. The van der Waals surface area contributed by atoms with Crippen molar-refractivity contribution in [3.05, 3.63) is 24.3 Å². The normalized spacial score (nSPS) is 11.4. The molecule has 1 aromatic carbocycles. The van der Waals surface area contributed by atoms with Crippen LogP contribution in [0.1, 0.15) is 0 Å². The third-order valence-electron chi connectivity index (χ3n) is 2.00. The number of benzene rings is 1. The van der Waals surface area contributed by atoms with Crippen LogP contribution in [0.4, 0.5) is 14.0 Å². The Balaban J connectivity index is 0.000000437. The molecule has 7 heteroatoms. The van der Waals surface area contributed by atoms with Crippen molar-refractivity contribution < 1.29 is 14.0 Å². The zero-order valence-corrected chi connectivity index (χ0v) is 14.4. The van der Waals surface area contributed by atoms with Crippen LogP contribution in [-0.2, 0) is 0 Å². The van der Waals surface area contributed by atoms with E-state index in [2.05, 4.69) is 50.9 Å². The predicted octanol–water partition coefficient (Wildman–Crippen LogP) is 3.18. The predicted molar refractivity (Wildman–Crippen MR) is 76.2 cm³/mol. The van der Waals surface area contributed by atoms with Crippen molar-refractivity contribution in [2.45, 2.75) is 0 Å². The Labute approximate surface area is 107 Å². The number of hydrogen-bond donors (Lipinski definition) is 0. The summed E-state index contributed by atoms with van der Waals surface area (Å²) in [7, 11) is -0.522. The first-order valence-electron chi connectivity index (χ1n) is 5.08. The molecule has 1 aromatic rings. The first-order valence-corrected chi connectivity index (χ1v) is 13.3. The van der Waals surface area contributed by atoms with E-state index in [1.165, 1.54) is 0 Å². The average Bonchev–Trinajstić information content (AvgIpc) is 2.15. The van der Waals surface area contributed by atoms with E-state index in [-0.39, 0.29) is 15.8 Å². The Morgan fingerprint density at radius 2 is 1.00 bits per heavy atom. The van der Waals surface area contributed by atoms with E-state index in [0.29, 0.717) is 0 Å². The first kappa shape index (κ1) is 17.3. The van der Waals surface area contributed by atoms with Crippen molar-refractivity contribution in [1.29, 1.82) is 0 Å². The molecule has 0 fully saturated rings. The molecule has 0 aliphatic heterocycles. The van der Waals surface area contributed by atoms with Gasteiger partial charge in [0.2, 0.25) is 0 Å². The first-order chi connectivity index (χ1) is 7.63. The van der Waals surface area contributed by atoms with Crippen LogP contribution in [0.3, 0.4) is 0 Å². The van der Waals surface area contributed by atoms with Gasteiger partial charge in [-0.15, -0.1) is 0 Å². The number of halogens is 4. The molecule has 0 nitrogen and oxygen atoms in total. The summed E-state index contributed by atoms with van der Waals surface area (Å²) in [5.41, 5.74) is 0. The van der Waals surface area contributed by atoms with Gasteiger partial charge in [-0.25, -0.2) is 0 Å². The molecule has 0 saturated heterocycles. The van der Waals surface area contributed by atoms with Gasteiger partial charge in [-0.1, -0.05) is 12.1 Å². The fraction of sp³-hybridized carbons (Fsp3) is 0.400. The van der Waals surface area contributed by atoms with Crippen molar-refractivity contribution in [3.8, 4) is 0 Å². The third-order valence-corrected chi connectivity index (χ3v) is 5.28. The summed E-state index contributed by atoms with van der Waals surface area (Å²) in [6, 6.07) is 8.95. The van der Waals surface area contributed by atoms with Crippen LogP contribution in [0.15, 0.2) is 24.3 Å². The van der Waals surface area contributed by atoms with Crippen LogP contribution in [-0.4, -0.2) is 41.8 Å². The van der Waals surface area contributed by atoms with E-state index >= 15 is 0 Å². The third kappa shape index (κ3) is 8.99. The molecule has 0 heterocycles. The van der Waals surface area contributed by atoms with Gasteiger partial charge in [-0.3, -0.25) is 0 Å². The van der Waals surface area contributed by atoms with Crippen molar-refractivity contribution in [2.24, 2.45) is 0 Å². The Hall–Kier alpha value is 0.343. The molecule has 1 rings (SSSR count). The summed E-state index contributed by atoms with van der Waals surface area (Å²) < 4.78 is 39.5. The molecule has 0 amide bonds. The van der Waals surface area contributed by atoms with Crippen LogP contribution in [0.5, 0.6) is 0 Å². The van der Waals surface area contributed by atoms with Crippen LogP contribution in [0, 0.1) is 0 Å². The Morgan fingerprint density at radius 1 is 0.765 bits per heavy atom. The van der Waals surface area contributed by atoms with Gasteiger partial charge in [0, 0.05) is 15.8 Å². The zero-order chi connectivity index (χ0) is 13.6. The van der Waals surface area contributed by atoms with Crippen LogP contribution >= 0.6 is 15.8 Å². The molecule has 17 heavy (non-hydrogen) atoms. The molecule has 0 atom stereocenters. The molecule has 0 bridgehead atoms. The summed E-state index contributed by atoms with van der Waals surface area (Å²) in [6.45, 7) is 9.48. The topological polar surface area (TPSA) is 0 Å². The molecule has 0 saturated carbocycles. The quantitative estimate of drug-likeness (QED) is 0.437. The monoisotopic (exact) mass is 350 g/mol. The van der Waals surface area contributed by atoms with Crippen LogP contribution in [0.2, 0.25) is 0 Å². The van der Waals surface area contributed by atoms with E-state index in [9.17, 15) is 14.0 Å². The summed E-state index contributed by atoms with van der Waals surface area (Å²) in [5, 5.41) is 3.28. The van der Waals surface area contributed by atoms with Crippen molar-refractivity contribution in [1.82, 2.24) is 0 Å². The fourth-order valence-corrected chi connectivity index (χ4v) is 4.96. The van der Waals surface area contributed by atoms with Gasteiger partial charge in [-0.2, -0.15) is 0 Å². The SMILES string of the molecule is C[PH+](C)c1ccccc1[PH+](C)C.[F][Ge]([F])([F])[F]. The molecule has 0 N–H and O–H groups in total. The number of hydrogen-bond acceptors (Lipinski definition) is 0. The van der Waals surface area contributed by atoms with Crippen molar-refractivity contribution >= 4 is 41.6 Å². The second-order valence-electron chi connectivity index (χ2n) is 3.97. The molecule has 0 unspecified atom stereocenters. The maximum atomic E-state index is 9.88. The van der Waals surface area contributed by atoms with E-state index in [4.69, 9.17) is 0 Å². The Bertz CT molecular complexity index is 306. The van der Waals surface area contributed by atoms with E-state index in [1.807, 2.05) is 0 Å². The summed E-state index contributed by atoms with van der Waals surface area (Å²) >= 11 is -7.00. The zero-order valence-electron chi connectivity index (χ0n) is 10.3. The van der Waals surface area contributed by atoms with Gasteiger partial charge in [0.05, 0.1) is 26.7 Å². The summed E-state index contributed by atoms with van der Waals surface area (Å²) in [5.74, 6) is 0. The van der Waals surface area contributed by atoms with Crippen LogP contribution < -0.4 is 10.6 Å². The van der Waals surface area contributed by atoms with E-state index < -0.39 is 15.1 Å². The molecule has 0 aliphatic rings. The molecule has 0 radical (unpaired) electrons. The van der Waals surface area contributed by atoms with Gasteiger partial charge in [0.1, 0.15) is 10.6 Å². The van der Waals surface area contributed by atoms with Crippen molar-refractivity contribution in [3.63, 3.8) is 0 Å². The van der Waals surface area contributed by atoms with Crippen LogP contribution in [0.25, 0.3) is 0 Å². The summed E-state index contributed by atoms with van der Waals surface area (Å²) in [4.78, 5) is 0. The second kappa shape index (κ2) is 7.71. The van der Waals surface area contributed by atoms with Gasteiger partial charge in [0.25, 0.3) is 0 Å². The van der Waals surface area contributed by atoms with Gasteiger partial charge in [-0.05, 0) is 12.1 Å². The van der Waals surface area contributed by atoms with Gasteiger partial charge < -0.3 is 0 Å². The maximum absolute atomic E-state index is 9.88. The number of rotatable bonds is 2. The molecule has 0 aliphatic carbocycles. The van der Waals surface area contributed by atoms with Gasteiger partial charge >= 0.3 is 29.1 Å². The summed E-state index contributed by atoms with van der Waals surface area (Å²) in [6.07, 6.45) is 0. The molecule has 98 valence electrons. The van der Waals surface area contributed by atoms with E-state index in [1.54, 1.807) is 10.6 Å². The molecular weight excluding hydrogens is 331 g/mol. The average molecular weight is 349 g/mol. The second-order valence-corrected chi connectivity index (χ2v) is 10.8. The fourth-order valence-electron chi connectivity index (χ4n) is 1.36. The standard InChI is InChI=1S/C10H16P2.F4Ge/c1-11(2)9-7-5-6-8-10(9)12(3)4;1-5(2,3)4/h5-8H,1-4H3;/p+2.